The van der Waals surface area contributed by atoms with Crippen LogP contribution in [0, 0.1) is 0 Å². The average molecular weight is 224 g/mol. The molecule has 0 saturated carbocycles. The third kappa shape index (κ3) is 1.80. The summed E-state index contributed by atoms with van der Waals surface area (Å²) in [7, 11) is 0. The second-order valence-corrected chi connectivity index (χ2v) is 4.98. The lowest BCUT2D eigenvalue weighted by molar-refractivity contribution is 0.206. The summed E-state index contributed by atoms with van der Waals surface area (Å²) in [5, 5.41) is 13.2. The number of aliphatic hydroxyl groups is 1. The van der Waals surface area contributed by atoms with E-state index in [0.717, 1.165) is 11.3 Å². The second-order valence-electron chi connectivity index (χ2n) is 3.16. The molecule has 0 radical (unpaired) electrons. The number of fused-ring (bicyclic) bond motifs is 1. The molecule has 1 aromatic carbocycles. The SMILES string of the molecule is CSCC(O)c1cccc2ccsc12. The van der Waals surface area contributed by atoms with Crippen molar-refractivity contribution >= 4 is 33.2 Å². The maximum atomic E-state index is 9.92. The Morgan fingerprint density at radius 1 is 1.43 bits per heavy atom. The van der Waals surface area contributed by atoms with Crippen LogP contribution in [0.25, 0.3) is 10.1 Å². The molecule has 0 spiro atoms. The van der Waals surface area contributed by atoms with Crippen molar-refractivity contribution in [1.82, 2.24) is 0 Å². The van der Waals surface area contributed by atoms with E-state index in [-0.39, 0.29) is 6.10 Å². The minimum absolute atomic E-state index is 0.340. The Labute approximate surface area is 91.8 Å². The van der Waals surface area contributed by atoms with Crippen LogP contribution in [-0.4, -0.2) is 17.1 Å². The van der Waals surface area contributed by atoms with Crippen LogP contribution in [-0.2, 0) is 0 Å². The van der Waals surface area contributed by atoms with E-state index in [0.29, 0.717) is 0 Å². The summed E-state index contributed by atoms with van der Waals surface area (Å²) in [6, 6.07) is 8.20. The summed E-state index contributed by atoms with van der Waals surface area (Å²) in [5.41, 5.74) is 1.06. The van der Waals surface area contributed by atoms with Gasteiger partial charge >= 0.3 is 0 Å². The lowest BCUT2D eigenvalue weighted by atomic mass is 10.1. The van der Waals surface area contributed by atoms with Gasteiger partial charge in [-0.1, -0.05) is 18.2 Å². The lowest BCUT2D eigenvalue weighted by Gasteiger charge is -2.09. The van der Waals surface area contributed by atoms with Gasteiger partial charge in [0, 0.05) is 10.5 Å². The van der Waals surface area contributed by atoms with Gasteiger partial charge in [-0.2, -0.15) is 11.8 Å². The quantitative estimate of drug-likeness (QED) is 0.863. The summed E-state index contributed by atoms with van der Waals surface area (Å²) in [5.74, 6) is 0.761. The average Bonchev–Trinajstić information content (AvgIpc) is 2.65. The topological polar surface area (TPSA) is 20.2 Å². The van der Waals surface area contributed by atoms with Crippen LogP contribution < -0.4 is 0 Å². The molecule has 1 unspecified atom stereocenters. The molecule has 0 aliphatic heterocycles. The maximum absolute atomic E-state index is 9.92. The summed E-state index contributed by atoms with van der Waals surface area (Å²) in [6.07, 6.45) is 1.67. The Hall–Kier alpha value is -0.510. The Balaban J connectivity index is 2.45. The monoisotopic (exact) mass is 224 g/mol. The van der Waals surface area contributed by atoms with Crippen molar-refractivity contribution in [1.29, 1.82) is 0 Å². The van der Waals surface area contributed by atoms with Crippen LogP contribution in [0.3, 0.4) is 0 Å². The summed E-state index contributed by atoms with van der Waals surface area (Å²) in [6.45, 7) is 0. The maximum Gasteiger partial charge on any atom is 0.0894 e. The first-order chi connectivity index (χ1) is 6.83. The Bertz CT molecular complexity index is 422. The van der Waals surface area contributed by atoms with Crippen LogP contribution in [0.2, 0.25) is 0 Å². The Morgan fingerprint density at radius 3 is 3.07 bits per heavy atom. The third-order valence-corrected chi connectivity index (χ3v) is 3.82. The molecule has 0 saturated heterocycles. The standard InChI is InChI=1S/C11H12OS2/c1-13-7-10(12)9-4-2-3-8-5-6-14-11(8)9/h2-6,10,12H,7H2,1H3. The molecule has 0 amide bonds. The van der Waals surface area contributed by atoms with Gasteiger partial charge in [0.1, 0.15) is 0 Å². The molecular weight excluding hydrogens is 212 g/mol. The lowest BCUT2D eigenvalue weighted by Crippen LogP contribution is -1.99. The molecule has 0 bridgehead atoms. The van der Waals surface area contributed by atoms with Crippen LogP contribution in [0.1, 0.15) is 11.7 Å². The number of hydrogen-bond donors (Lipinski definition) is 1. The molecule has 1 N–H and O–H groups in total. The summed E-state index contributed by atoms with van der Waals surface area (Å²) in [4.78, 5) is 0. The van der Waals surface area contributed by atoms with Gasteiger partial charge in [-0.3, -0.25) is 0 Å². The van der Waals surface area contributed by atoms with E-state index in [4.69, 9.17) is 0 Å². The van der Waals surface area contributed by atoms with Crippen LogP contribution >= 0.6 is 23.1 Å². The number of benzene rings is 1. The molecule has 0 aliphatic rings. The normalized spacial score (nSPS) is 13.3. The van der Waals surface area contributed by atoms with Gasteiger partial charge in [-0.05, 0) is 28.7 Å². The van der Waals surface area contributed by atoms with Crippen LogP contribution in [0.15, 0.2) is 29.6 Å². The smallest absolute Gasteiger partial charge is 0.0894 e. The predicted octanol–water partition coefficient (Wildman–Crippen LogP) is 3.30. The van der Waals surface area contributed by atoms with Crippen molar-refractivity contribution in [3.63, 3.8) is 0 Å². The van der Waals surface area contributed by atoms with Gasteiger partial charge in [-0.15, -0.1) is 11.3 Å². The number of rotatable bonds is 3. The molecule has 2 rings (SSSR count). The largest absolute Gasteiger partial charge is 0.387 e. The molecule has 1 nitrogen and oxygen atoms in total. The Kier molecular flexibility index (Phi) is 3.11. The minimum atomic E-state index is -0.340. The third-order valence-electron chi connectivity index (χ3n) is 2.19. The van der Waals surface area contributed by atoms with Gasteiger partial charge in [0.2, 0.25) is 0 Å². The zero-order valence-electron chi connectivity index (χ0n) is 7.93. The molecule has 0 aliphatic carbocycles. The first-order valence-corrected chi connectivity index (χ1v) is 6.73. The highest BCUT2D eigenvalue weighted by molar-refractivity contribution is 7.98. The predicted molar refractivity (Wildman–Crippen MR) is 65.2 cm³/mol. The second kappa shape index (κ2) is 4.34. The van der Waals surface area contributed by atoms with E-state index in [1.807, 2.05) is 18.4 Å². The molecule has 1 atom stereocenters. The van der Waals surface area contributed by atoms with Crippen molar-refractivity contribution in [3.05, 3.63) is 35.2 Å². The van der Waals surface area contributed by atoms with Crippen molar-refractivity contribution in [3.8, 4) is 0 Å². The zero-order chi connectivity index (χ0) is 9.97. The fraction of sp³-hybridized carbons (Fsp3) is 0.273. The van der Waals surface area contributed by atoms with E-state index >= 15 is 0 Å². The summed E-state index contributed by atoms with van der Waals surface area (Å²) >= 11 is 3.37. The van der Waals surface area contributed by atoms with Gasteiger partial charge in [0.05, 0.1) is 6.10 Å². The molecule has 2 aromatic rings. The van der Waals surface area contributed by atoms with Crippen molar-refractivity contribution < 1.29 is 5.11 Å². The van der Waals surface area contributed by atoms with Crippen molar-refractivity contribution in [2.75, 3.05) is 12.0 Å². The van der Waals surface area contributed by atoms with E-state index < -0.39 is 0 Å². The van der Waals surface area contributed by atoms with Crippen molar-refractivity contribution in [2.45, 2.75) is 6.10 Å². The highest BCUT2D eigenvalue weighted by Gasteiger charge is 2.10. The Morgan fingerprint density at radius 2 is 2.29 bits per heavy atom. The van der Waals surface area contributed by atoms with E-state index in [1.165, 1.54) is 10.1 Å². The number of thiophene rings is 1. The van der Waals surface area contributed by atoms with Gasteiger partial charge in [0.15, 0.2) is 0 Å². The molecule has 3 heteroatoms. The van der Waals surface area contributed by atoms with Crippen molar-refractivity contribution in [2.24, 2.45) is 0 Å². The number of aliphatic hydroxyl groups excluding tert-OH is 1. The minimum Gasteiger partial charge on any atom is -0.387 e. The van der Waals surface area contributed by atoms with E-state index in [2.05, 4.69) is 17.5 Å². The molecule has 0 fully saturated rings. The first-order valence-electron chi connectivity index (χ1n) is 4.46. The molecule has 14 heavy (non-hydrogen) atoms. The van der Waals surface area contributed by atoms with E-state index in [9.17, 15) is 5.11 Å². The number of hydrogen-bond acceptors (Lipinski definition) is 3. The highest BCUT2D eigenvalue weighted by atomic mass is 32.2. The highest BCUT2D eigenvalue weighted by Crippen LogP contribution is 2.29. The molecule has 74 valence electrons. The van der Waals surface area contributed by atoms with Gasteiger partial charge in [0.25, 0.3) is 0 Å². The van der Waals surface area contributed by atoms with Gasteiger partial charge < -0.3 is 5.11 Å². The molecular formula is C11H12OS2. The first kappa shape index (κ1) is 10.0. The summed E-state index contributed by atoms with van der Waals surface area (Å²) < 4.78 is 1.22. The van der Waals surface area contributed by atoms with Crippen LogP contribution in [0.4, 0.5) is 0 Å². The number of thioether (sulfide) groups is 1. The van der Waals surface area contributed by atoms with E-state index in [1.54, 1.807) is 23.1 Å². The van der Waals surface area contributed by atoms with Gasteiger partial charge in [-0.25, -0.2) is 0 Å². The zero-order valence-corrected chi connectivity index (χ0v) is 9.57. The fourth-order valence-corrected chi connectivity index (χ4v) is 2.98. The molecule has 1 aromatic heterocycles. The van der Waals surface area contributed by atoms with Crippen LogP contribution in [0.5, 0.6) is 0 Å². The molecule has 1 heterocycles. The fourth-order valence-electron chi connectivity index (χ4n) is 1.53.